The second-order valence-electron chi connectivity index (χ2n) is 8.49. The third-order valence-corrected chi connectivity index (χ3v) is 8.24. The lowest BCUT2D eigenvalue weighted by molar-refractivity contribution is -0.126. The standard InChI is InChI=1S/C20H24N2O2/c1-2-11-9-22-15-7-13(11)20(10-23)16(22)8-19(18(20)24)12-5-3-4-6-14(12)21-17(15)19/h2-6,13,15-18,21,23-24H,7-10H2,1H3/b11-2-/t13-,15-,16?,17+,18+,19?,20-/m0/s1. The van der Waals surface area contributed by atoms with Gasteiger partial charge < -0.3 is 15.5 Å². The number of benzene rings is 1. The van der Waals surface area contributed by atoms with E-state index < -0.39 is 11.5 Å². The van der Waals surface area contributed by atoms with Gasteiger partial charge in [-0.2, -0.15) is 0 Å². The highest BCUT2D eigenvalue weighted by atomic mass is 16.3. The molecule has 1 aliphatic carbocycles. The minimum absolute atomic E-state index is 0.0840. The molecule has 24 heavy (non-hydrogen) atoms. The first-order valence-electron chi connectivity index (χ1n) is 9.24. The van der Waals surface area contributed by atoms with Crippen molar-refractivity contribution in [2.75, 3.05) is 18.5 Å². The summed E-state index contributed by atoms with van der Waals surface area (Å²) in [6.45, 7) is 3.20. The molecule has 3 unspecified atom stereocenters. The lowest BCUT2D eigenvalue weighted by Gasteiger charge is -2.61. The van der Waals surface area contributed by atoms with Crippen molar-refractivity contribution < 1.29 is 10.2 Å². The quantitative estimate of drug-likeness (QED) is 0.685. The van der Waals surface area contributed by atoms with Crippen molar-refractivity contribution in [1.29, 1.82) is 0 Å². The third-order valence-electron chi connectivity index (χ3n) is 8.24. The molecule has 0 aromatic heterocycles. The Balaban J connectivity index is 1.64. The highest BCUT2D eigenvalue weighted by Crippen LogP contribution is 2.71. The van der Waals surface area contributed by atoms with Gasteiger partial charge in [-0.15, -0.1) is 0 Å². The summed E-state index contributed by atoms with van der Waals surface area (Å²) in [5, 5.41) is 26.0. The van der Waals surface area contributed by atoms with E-state index >= 15 is 0 Å². The lowest BCUT2D eigenvalue weighted by Crippen LogP contribution is -2.70. The molecule has 6 aliphatic rings. The van der Waals surface area contributed by atoms with E-state index in [9.17, 15) is 10.2 Å². The summed E-state index contributed by atoms with van der Waals surface area (Å²) in [6.07, 6.45) is 3.76. The molecule has 5 fully saturated rings. The van der Waals surface area contributed by atoms with Gasteiger partial charge in [-0.3, -0.25) is 4.90 Å². The molecule has 4 nitrogen and oxygen atoms in total. The first kappa shape index (κ1) is 13.9. The molecule has 1 saturated carbocycles. The number of hydrogen-bond donors (Lipinski definition) is 3. The molecule has 7 rings (SSSR count). The lowest BCUT2D eigenvalue weighted by atomic mass is 9.59. The molecule has 1 aromatic carbocycles. The molecule has 3 N–H and O–H groups in total. The summed E-state index contributed by atoms with van der Waals surface area (Å²) in [5.41, 5.74) is 3.25. The zero-order valence-corrected chi connectivity index (χ0v) is 13.9. The van der Waals surface area contributed by atoms with Crippen LogP contribution in [0.15, 0.2) is 35.9 Å². The monoisotopic (exact) mass is 324 g/mol. The van der Waals surface area contributed by atoms with Crippen LogP contribution < -0.4 is 5.32 Å². The van der Waals surface area contributed by atoms with Crippen LogP contribution in [0.4, 0.5) is 5.69 Å². The van der Waals surface area contributed by atoms with E-state index in [0.29, 0.717) is 18.0 Å². The number of aliphatic hydroxyl groups is 2. The Labute approximate surface area is 142 Å². The van der Waals surface area contributed by atoms with Crippen LogP contribution in [0.1, 0.15) is 25.3 Å². The second kappa shape index (κ2) is 4.06. The molecule has 5 heterocycles. The number of fused-ring (bicyclic) bond motifs is 2. The molecule has 126 valence electrons. The summed E-state index contributed by atoms with van der Waals surface area (Å²) in [6, 6.07) is 9.52. The Morgan fingerprint density at radius 3 is 3.00 bits per heavy atom. The predicted octanol–water partition coefficient (Wildman–Crippen LogP) is 1.49. The number of allylic oxidation sites excluding steroid dienone is 1. The zero-order valence-electron chi connectivity index (χ0n) is 13.9. The van der Waals surface area contributed by atoms with Gasteiger partial charge in [0.1, 0.15) is 0 Å². The van der Waals surface area contributed by atoms with E-state index in [4.69, 9.17) is 0 Å². The highest BCUT2D eigenvalue weighted by molar-refractivity contribution is 5.66. The fourth-order valence-corrected chi connectivity index (χ4v) is 7.40. The van der Waals surface area contributed by atoms with Gasteiger partial charge >= 0.3 is 0 Å². The maximum Gasteiger partial charge on any atom is 0.0757 e. The molecule has 0 amide bonds. The predicted molar refractivity (Wildman–Crippen MR) is 91.8 cm³/mol. The van der Waals surface area contributed by atoms with Crippen LogP contribution in [0.2, 0.25) is 0 Å². The summed E-state index contributed by atoms with van der Waals surface area (Å²) >= 11 is 0. The molecule has 4 heteroatoms. The Morgan fingerprint density at radius 2 is 2.21 bits per heavy atom. The van der Waals surface area contributed by atoms with Crippen molar-refractivity contribution in [2.45, 2.75) is 49.4 Å². The maximum atomic E-state index is 11.7. The summed E-state index contributed by atoms with van der Waals surface area (Å²) in [7, 11) is 0. The van der Waals surface area contributed by atoms with Gasteiger partial charge in [-0.1, -0.05) is 29.8 Å². The fraction of sp³-hybridized carbons (Fsp3) is 0.600. The zero-order chi connectivity index (χ0) is 16.3. The number of piperidine rings is 4. The van der Waals surface area contributed by atoms with Crippen molar-refractivity contribution >= 4 is 5.69 Å². The van der Waals surface area contributed by atoms with Crippen LogP contribution in [0.3, 0.4) is 0 Å². The van der Waals surface area contributed by atoms with Gasteiger partial charge in [-0.05, 0) is 37.3 Å². The smallest absolute Gasteiger partial charge is 0.0757 e. The Kier molecular flexibility index (Phi) is 2.35. The van der Waals surface area contributed by atoms with Crippen LogP contribution >= 0.6 is 0 Å². The molecule has 8 atom stereocenters. The van der Waals surface area contributed by atoms with E-state index in [1.165, 1.54) is 16.8 Å². The number of anilines is 1. The van der Waals surface area contributed by atoms with E-state index in [-0.39, 0.29) is 18.1 Å². The molecule has 0 radical (unpaired) electrons. The van der Waals surface area contributed by atoms with Gasteiger partial charge in [0.05, 0.1) is 18.8 Å². The first-order chi connectivity index (χ1) is 11.7. The van der Waals surface area contributed by atoms with Crippen LogP contribution in [0.5, 0.6) is 0 Å². The van der Waals surface area contributed by atoms with E-state index in [1.807, 2.05) is 0 Å². The Bertz CT molecular complexity index is 777. The number of para-hydroxylation sites is 1. The largest absolute Gasteiger partial charge is 0.396 e. The van der Waals surface area contributed by atoms with Crippen molar-refractivity contribution in [3.05, 3.63) is 41.5 Å². The normalized spacial score (nSPS) is 54.0. The number of nitrogens with one attached hydrogen (secondary N) is 1. The SMILES string of the molecule is C/C=C1/CN2C3CC45c6ccccc6N[C@@H]4[C@@H]2C[C@@H]1[C@]3(CO)[C@@H]5O. The number of hydrogen-bond acceptors (Lipinski definition) is 4. The minimum Gasteiger partial charge on any atom is -0.396 e. The fourth-order valence-electron chi connectivity index (χ4n) is 7.40. The first-order valence-corrected chi connectivity index (χ1v) is 9.24. The number of rotatable bonds is 1. The Hall–Kier alpha value is -1.36. The van der Waals surface area contributed by atoms with Gasteiger partial charge in [0.15, 0.2) is 0 Å². The molecule has 1 spiro atoms. The minimum atomic E-state index is -0.489. The average Bonchev–Trinajstić information content (AvgIpc) is 3.07. The van der Waals surface area contributed by atoms with E-state index in [2.05, 4.69) is 47.5 Å². The van der Waals surface area contributed by atoms with Crippen molar-refractivity contribution in [2.24, 2.45) is 11.3 Å². The van der Waals surface area contributed by atoms with Crippen LogP contribution in [-0.2, 0) is 5.41 Å². The van der Waals surface area contributed by atoms with E-state index in [0.717, 1.165) is 19.4 Å². The molecule has 1 aromatic rings. The average molecular weight is 324 g/mol. The van der Waals surface area contributed by atoms with Crippen LogP contribution in [0.25, 0.3) is 0 Å². The van der Waals surface area contributed by atoms with Gasteiger partial charge in [-0.25, -0.2) is 0 Å². The maximum absolute atomic E-state index is 11.7. The highest BCUT2D eigenvalue weighted by Gasteiger charge is 2.79. The van der Waals surface area contributed by atoms with Crippen LogP contribution in [-0.4, -0.2) is 52.5 Å². The van der Waals surface area contributed by atoms with Gasteiger partial charge in [0, 0.05) is 35.1 Å². The summed E-state index contributed by atoms with van der Waals surface area (Å²) in [4.78, 5) is 2.60. The van der Waals surface area contributed by atoms with Crippen molar-refractivity contribution in [3.8, 4) is 0 Å². The van der Waals surface area contributed by atoms with Crippen molar-refractivity contribution in [3.63, 3.8) is 0 Å². The molecule has 5 bridgehead atoms. The Morgan fingerprint density at radius 1 is 1.38 bits per heavy atom. The second-order valence-corrected chi connectivity index (χ2v) is 8.49. The third kappa shape index (κ3) is 1.14. The molecule has 5 aliphatic heterocycles. The van der Waals surface area contributed by atoms with E-state index in [1.54, 1.807) is 0 Å². The van der Waals surface area contributed by atoms with Gasteiger partial charge in [0.25, 0.3) is 0 Å². The molecule has 4 saturated heterocycles. The molecular formula is C20H24N2O2. The topological polar surface area (TPSA) is 55.7 Å². The van der Waals surface area contributed by atoms with Crippen molar-refractivity contribution in [1.82, 2.24) is 4.90 Å². The number of nitrogens with zero attached hydrogens (tertiary/aromatic N) is 1. The number of aliphatic hydroxyl groups excluding tert-OH is 2. The molecular weight excluding hydrogens is 300 g/mol. The summed E-state index contributed by atoms with van der Waals surface area (Å²) < 4.78 is 0. The summed E-state index contributed by atoms with van der Waals surface area (Å²) in [5.74, 6) is 0.321. The van der Waals surface area contributed by atoms with Crippen LogP contribution in [0, 0.1) is 11.3 Å². The van der Waals surface area contributed by atoms with Gasteiger partial charge in [0.2, 0.25) is 0 Å².